The van der Waals surface area contributed by atoms with Gasteiger partial charge in [-0.25, -0.2) is 0 Å². The zero-order chi connectivity index (χ0) is 9.10. The summed E-state index contributed by atoms with van der Waals surface area (Å²) in [5, 5.41) is 3.65. The van der Waals surface area contributed by atoms with E-state index in [1.807, 2.05) is 0 Å². The zero-order valence-electron chi connectivity index (χ0n) is 7.59. The number of likely N-dealkylation sites (tertiary alicyclic amines) is 1. The zero-order valence-corrected chi connectivity index (χ0v) is 7.59. The Morgan fingerprint density at radius 2 is 2.38 bits per heavy atom. The van der Waals surface area contributed by atoms with Gasteiger partial charge in [0.05, 0.1) is 12.1 Å². The van der Waals surface area contributed by atoms with Crippen LogP contribution in [0.4, 0.5) is 0 Å². The first-order chi connectivity index (χ1) is 6.38. The van der Waals surface area contributed by atoms with Crippen molar-refractivity contribution in [3.8, 4) is 0 Å². The molecule has 2 fully saturated rings. The average Bonchev–Trinajstić information content (AvgIpc) is 2.53. The molecule has 13 heavy (non-hydrogen) atoms. The molecule has 5 nitrogen and oxygen atoms in total. The highest BCUT2D eigenvalue weighted by atomic mass is 16.5. The molecule has 0 unspecified atom stereocenters. The third-order valence-corrected chi connectivity index (χ3v) is 2.64. The van der Waals surface area contributed by atoms with Crippen LogP contribution in [0, 0.1) is 0 Å². The molecular formula is C8H14N4O. The maximum absolute atomic E-state index is 8.19. The Morgan fingerprint density at radius 3 is 3.00 bits per heavy atom. The SMILES string of the molecule is [N-]=[N+]=NC1CN(C[C@@H]2CCCO2)C1. The second-order valence-corrected chi connectivity index (χ2v) is 3.71. The molecule has 0 aliphatic carbocycles. The van der Waals surface area contributed by atoms with Gasteiger partial charge in [0.1, 0.15) is 0 Å². The van der Waals surface area contributed by atoms with Crippen LogP contribution in [-0.2, 0) is 4.74 Å². The van der Waals surface area contributed by atoms with Crippen LogP contribution in [0.15, 0.2) is 5.11 Å². The molecule has 0 amide bonds. The van der Waals surface area contributed by atoms with Gasteiger partial charge in [-0.2, -0.15) is 0 Å². The van der Waals surface area contributed by atoms with Crippen molar-refractivity contribution in [1.82, 2.24) is 4.90 Å². The molecule has 0 aromatic heterocycles. The maximum Gasteiger partial charge on any atom is 0.0702 e. The first-order valence-corrected chi connectivity index (χ1v) is 4.76. The molecule has 5 heteroatoms. The largest absolute Gasteiger partial charge is 0.377 e. The van der Waals surface area contributed by atoms with Crippen molar-refractivity contribution < 1.29 is 4.74 Å². The molecule has 0 aromatic carbocycles. The van der Waals surface area contributed by atoms with Gasteiger partial charge in [0.2, 0.25) is 0 Å². The minimum atomic E-state index is 0.200. The first-order valence-electron chi connectivity index (χ1n) is 4.76. The fraction of sp³-hybridized carbons (Fsp3) is 1.00. The lowest BCUT2D eigenvalue weighted by Crippen LogP contribution is -2.52. The van der Waals surface area contributed by atoms with Crippen LogP contribution in [0.25, 0.3) is 10.4 Å². The smallest absolute Gasteiger partial charge is 0.0702 e. The lowest BCUT2D eigenvalue weighted by Gasteiger charge is -2.37. The van der Waals surface area contributed by atoms with Gasteiger partial charge in [-0.15, -0.1) is 0 Å². The van der Waals surface area contributed by atoms with E-state index < -0.39 is 0 Å². The molecule has 2 saturated heterocycles. The number of nitrogens with zero attached hydrogens (tertiary/aromatic N) is 4. The minimum absolute atomic E-state index is 0.200. The van der Waals surface area contributed by atoms with E-state index in [2.05, 4.69) is 14.9 Å². The molecule has 1 atom stereocenters. The molecule has 0 radical (unpaired) electrons. The first kappa shape index (κ1) is 8.81. The van der Waals surface area contributed by atoms with Gasteiger partial charge in [-0.05, 0) is 18.4 Å². The van der Waals surface area contributed by atoms with Gasteiger partial charge in [-0.1, -0.05) is 5.11 Å². The third-order valence-electron chi connectivity index (χ3n) is 2.64. The summed E-state index contributed by atoms with van der Waals surface area (Å²) < 4.78 is 5.51. The molecule has 2 rings (SSSR count). The number of hydrogen-bond donors (Lipinski definition) is 0. The number of azide groups is 1. The Kier molecular flexibility index (Phi) is 2.68. The summed E-state index contributed by atoms with van der Waals surface area (Å²) in [6, 6.07) is 0.200. The molecule has 0 aromatic rings. The van der Waals surface area contributed by atoms with Crippen molar-refractivity contribution in [2.45, 2.75) is 25.0 Å². The Hall–Kier alpha value is -0.770. The fourth-order valence-electron chi connectivity index (χ4n) is 1.91. The number of hydrogen-bond acceptors (Lipinski definition) is 3. The normalized spacial score (nSPS) is 29.7. The van der Waals surface area contributed by atoms with Gasteiger partial charge in [-0.3, -0.25) is 4.90 Å². The lowest BCUT2D eigenvalue weighted by atomic mass is 10.1. The van der Waals surface area contributed by atoms with Crippen LogP contribution < -0.4 is 0 Å². The monoisotopic (exact) mass is 182 g/mol. The van der Waals surface area contributed by atoms with Crippen molar-refractivity contribution in [2.24, 2.45) is 5.11 Å². The van der Waals surface area contributed by atoms with Crippen molar-refractivity contribution in [3.63, 3.8) is 0 Å². The predicted octanol–water partition coefficient (Wildman–Crippen LogP) is 1.16. The van der Waals surface area contributed by atoms with E-state index >= 15 is 0 Å². The van der Waals surface area contributed by atoms with Crippen molar-refractivity contribution in [1.29, 1.82) is 0 Å². The molecule has 2 heterocycles. The van der Waals surface area contributed by atoms with Crippen molar-refractivity contribution in [2.75, 3.05) is 26.2 Å². The molecule has 0 saturated carbocycles. The van der Waals surface area contributed by atoms with Crippen LogP contribution in [0.3, 0.4) is 0 Å². The third kappa shape index (κ3) is 2.12. The molecule has 72 valence electrons. The van der Waals surface area contributed by atoms with E-state index in [0.29, 0.717) is 6.10 Å². The quantitative estimate of drug-likeness (QED) is 0.373. The van der Waals surface area contributed by atoms with E-state index in [9.17, 15) is 0 Å². The molecule has 2 aliphatic heterocycles. The fourth-order valence-corrected chi connectivity index (χ4v) is 1.91. The summed E-state index contributed by atoms with van der Waals surface area (Å²) in [4.78, 5) is 5.08. The van der Waals surface area contributed by atoms with Crippen LogP contribution in [0.2, 0.25) is 0 Å². The second-order valence-electron chi connectivity index (χ2n) is 3.71. The Morgan fingerprint density at radius 1 is 1.54 bits per heavy atom. The van der Waals surface area contributed by atoms with Crippen LogP contribution >= 0.6 is 0 Å². The van der Waals surface area contributed by atoms with Gasteiger partial charge < -0.3 is 4.74 Å². The topological polar surface area (TPSA) is 61.2 Å². The number of rotatable bonds is 3. The Labute approximate surface area is 77.3 Å². The highest BCUT2D eigenvalue weighted by Crippen LogP contribution is 2.18. The maximum atomic E-state index is 8.19. The van der Waals surface area contributed by atoms with E-state index in [1.165, 1.54) is 12.8 Å². The molecule has 0 N–H and O–H groups in total. The lowest BCUT2D eigenvalue weighted by molar-refractivity contribution is 0.0434. The molecule has 0 bridgehead atoms. The van der Waals surface area contributed by atoms with E-state index in [0.717, 1.165) is 26.2 Å². The minimum Gasteiger partial charge on any atom is -0.377 e. The summed E-state index contributed by atoms with van der Waals surface area (Å²) in [6.45, 7) is 3.74. The number of ether oxygens (including phenoxy) is 1. The highest BCUT2D eigenvalue weighted by Gasteiger charge is 2.28. The van der Waals surface area contributed by atoms with E-state index in [1.54, 1.807) is 0 Å². The summed E-state index contributed by atoms with van der Waals surface area (Å²) in [5.41, 5.74) is 8.19. The van der Waals surface area contributed by atoms with Crippen molar-refractivity contribution >= 4 is 0 Å². The second kappa shape index (κ2) is 3.96. The molecule has 0 spiro atoms. The van der Waals surface area contributed by atoms with Gasteiger partial charge in [0.25, 0.3) is 0 Å². The molecular weight excluding hydrogens is 168 g/mol. The Bertz CT molecular complexity index is 214. The average molecular weight is 182 g/mol. The van der Waals surface area contributed by atoms with Gasteiger partial charge >= 0.3 is 0 Å². The van der Waals surface area contributed by atoms with Crippen molar-refractivity contribution in [3.05, 3.63) is 10.4 Å². The van der Waals surface area contributed by atoms with Crippen LogP contribution in [-0.4, -0.2) is 43.3 Å². The summed E-state index contributed by atoms with van der Waals surface area (Å²) in [7, 11) is 0. The van der Waals surface area contributed by atoms with E-state index in [-0.39, 0.29) is 6.04 Å². The van der Waals surface area contributed by atoms with Crippen LogP contribution in [0.1, 0.15) is 12.8 Å². The predicted molar refractivity (Wildman–Crippen MR) is 48.3 cm³/mol. The van der Waals surface area contributed by atoms with E-state index in [4.69, 9.17) is 10.3 Å². The standard InChI is InChI=1S/C8H14N4O/c9-11-10-7-4-12(5-7)6-8-2-1-3-13-8/h7-8H,1-6H2/t8-/m0/s1. The van der Waals surface area contributed by atoms with Gasteiger partial charge in [0.15, 0.2) is 0 Å². The molecule has 2 aliphatic rings. The highest BCUT2D eigenvalue weighted by molar-refractivity contribution is 4.87. The Balaban J connectivity index is 1.66. The van der Waals surface area contributed by atoms with Crippen LogP contribution in [0.5, 0.6) is 0 Å². The van der Waals surface area contributed by atoms with Gasteiger partial charge in [0, 0.05) is 31.2 Å². The summed E-state index contributed by atoms with van der Waals surface area (Å²) in [6.07, 6.45) is 2.80. The summed E-state index contributed by atoms with van der Waals surface area (Å²) in [5.74, 6) is 0. The summed E-state index contributed by atoms with van der Waals surface area (Å²) >= 11 is 0.